The maximum atomic E-state index is 12.9. The molecular formula is C25H30N2O2. The van der Waals surface area contributed by atoms with Gasteiger partial charge in [0.25, 0.3) is 5.91 Å². The number of benzene rings is 2. The zero-order chi connectivity index (χ0) is 20.3. The molecule has 2 amide bonds. The van der Waals surface area contributed by atoms with E-state index in [1.807, 2.05) is 55.5 Å². The van der Waals surface area contributed by atoms with E-state index in [4.69, 9.17) is 0 Å². The molecular weight excluding hydrogens is 360 g/mol. The van der Waals surface area contributed by atoms with Crippen molar-refractivity contribution in [1.29, 1.82) is 0 Å². The Morgan fingerprint density at radius 3 is 2.38 bits per heavy atom. The van der Waals surface area contributed by atoms with E-state index in [0.29, 0.717) is 11.5 Å². The number of carbonyl (C=O) groups is 2. The molecule has 29 heavy (non-hydrogen) atoms. The lowest BCUT2D eigenvalue weighted by atomic mass is 9.88. The monoisotopic (exact) mass is 390 g/mol. The van der Waals surface area contributed by atoms with Gasteiger partial charge in [-0.3, -0.25) is 9.59 Å². The van der Waals surface area contributed by atoms with Crippen molar-refractivity contribution in [1.82, 2.24) is 5.32 Å². The van der Waals surface area contributed by atoms with Crippen LogP contribution in [-0.4, -0.2) is 18.4 Å². The van der Waals surface area contributed by atoms with Gasteiger partial charge in [0, 0.05) is 17.8 Å². The van der Waals surface area contributed by atoms with E-state index < -0.39 is 0 Å². The number of anilines is 1. The van der Waals surface area contributed by atoms with E-state index in [0.717, 1.165) is 36.2 Å². The number of nitrogens with one attached hydrogen (secondary N) is 2. The molecule has 2 N–H and O–H groups in total. The van der Waals surface area contributed by atoms with Crippen LogP contribution in [-0.2, 0) is 10.2 Å². The number of rotatable bonds is 6. The SMILES string of the molecule is Cc1cccc(C(=O)Nc2ccc(C3(C(=O)NCC4CCCCC4)CC3)cc2)c1. The normalized spacial score (nSPS) is 18.1. The summed E-state index contributed by atoms with van der Waals surface area (Å²) < 4.78 is 0. The van der Waals surface area contributed by atoms with Gasteiger partial charge in [-0.1, -0.05) is 49.1 Å². The average molecular weight is 391 g/mol. The molecule has 2 aromatic rings. The van der Waals surface area contributed by atoms with Crippen LogP contribution in [0.2, 0.25) is 0 Å². The van der Waals surface area contributed by atoms with Crippen LogP contribution >= 0.6 is 0 Å². The molecule has 0 aromatic heterocycles. The van der Waals surface area contributed by atoms with Gasteiger partial charge in [0.2, 0.25) is 5.91 Å². The van der Waals surface area contributed by atoms with Crippen molar-refractivity contribution in [2.24, 2.45) is 5.92 Å². The summed E-state index contributed by atoms with van der Waals surface area (Å²) in [5, 5.41) is 6.16. The fourth-order valence-corrected chi connectivity index (χ4v) is 4.43. The summed E-state index contributed by atoms with van der Waals surface area (Å²) in [6.07, 6.45) is 8.20. The van der Waals surface area contributed by atoms with E-state index in [9.17, 15) is 9.59 Å². The maximum absolute atomic E-state index is 12.9. The Morgan fingerprint density at radius 1 is 1.00 bits per heavy atom. The van der Waals surface area contributed by atoms with Crippen molar-refractivity contribution < 1.29 is 9.59 Å². The van der Waals surface area contributed by atoms with Gasteiger partial charge in [0.05, 0.1) is 5.41 Å². The number of hydrogen-bond acceptors (Lipinski definition) is 2. The van der Waals surface area contributed by atoms with Gasteiger partial charge in [0.1, 0.15) is 0 Å². The summed E-state index contributed by atoms with van der Waals surface area (Å²) in [6, 6.07) is 15.3. The first-order chi connectivity index (χ1) is 14.1. The van der Waals surface area contributed by atoms with Crippen LogP contribution in [0.25, 0.3) is 0 Å². The molecule has 0 bridgehead atoms. The third kappa shape index (κ3) is 4.52. The second-order valence-electron chi connectivity index (χ2n) is 8.70. The van der Waals surface area contributed by atoms with Crippen LogP contribution in [0.15, 0.2) is 48.5 Å². The molecule has 0 saturated heterocycles. The Kier molecular flexibility index (Phi) is 5.70. The molecule has 4 heteroatoms. The minimum absolute atomic E-state index is 0.118. The molecule has 2 fully saturated rings. The van der Waals surface area contributed by atoms with Gasteiger partial charge in [-0.25, -0.2) is 0 Å². The van der Waals surface area contributed by atoms with Gasteiger partial charge in [0.15, 0.2) is 0 Å². The van der Waals surface area contributed by atoms with Crippen molar-refractivity contribution in [3.63, 3.8) is 0 Å². The quantitative estimate of drug-likeness (QED) is 0.731. The van der Waals surface area contributed by atoms with Crippen molar-refractivity contribution in [3.05, 3.63) is 65.2 Å². The van der Waals surface area contributed by atoms with Gasteiger partial charge in [-0.05, 0) is 68.4 Å². The lowest BCUT2D eigenvalue weighted by Crippen LogP contribution is -2.38. The molecule has 0 unspecified atom stereocenters. The molecule has 152 valence electrons. The Morgan fingerprint density at radius 2 is 1.72 bits per heavy atom. The zero-order valence-corrected chi connectivity index (χ0v) is 17.2. The molecule has 0 heterocycles. The highest BCUT2D eigenvalue weighted by Gasteiger charge is 2.51. The van der Waals surface area contributed by atoms with Crippen molar-refractivity contribution in [2.45, 2.75) is 57.3 Å². The smallest absolute Gasteiger partial charge is 0.255 e. The lowest BCUT2D eigenvalue weighted by Gasteiger charge is -2.23. The molecule has 2 aromatic carbocycles. The van der Waals surface area contributed by atoms with E-state index in [1.165, 1.54) is 32.1 Å². The zero-order valence-electron chi connectivity index (χ0n) is 17.2. The number of carbonyl (C=O) groups excluding carboxylic acids is 2. The summed E-state index contributed by atoms with van der Waals surface area (Å²) in [7, 11) is 0. The molecule has 0 aliphatic heterocycles. The molecule has 2 saturated carbocycles. The summed E-state index contributed by atoms with van der Waals surface area (Å²) >= 11 is 0. The van der Waals surface area contributed by atoms with E-state index >= 15 is 0 Å². The second-order valence-corrected chi connectivity index (χ2v) is 8.70. The highest BCUT2D eigenvalue weighted by Crippen LogP contribution is 2.48. The highest BCUT2D eigenvalue weighted by atomic mass is 16.2. The van der Waals surface area contributed by atoms with E-state index in [-0.39, 0.29) is 17.2 Å². The topological polar surface area (TPSA) is 58.2 Å². The van der Waals surface area contributed by atoms with Crippen LogP contribution in [0.3, 0.4) is 0 Å². The highest BCUT2D eigenvalue weighted by molar-refractivity contribution is 6.04. The summed E-state index contributed by atoms with van der Waals surface area (Å²) in [4.78, 5) is 25.3. The van der Waals surface area contributed by atoms with Crippen LogP contribution in [0, 0.1) is 12.8 Å². The Balaban J connectivity index is 1.36. The third-order valence-electron chi connectivity index (χ3n) is 6.44. The maximum Gasteiger partial charge on any atom is 0.255 e. The van der Waals surface area contributed by atoms with Crippen LogP contribution in [0.4, 0.5) is 5.69 Å². The van der Waals surface area contributed by atoms with Crippen LogP contribution in [0.1, 0.15) is 66.4 Å². The largest absolute Gasteiger partial charge is 0.355 e. The molecule has 0 atom stereocenters. The molecule has 2 aliphatic rings. The first kappa shape index (κ1) is 19.7. The fourth-order valence-electron chi connectivity index (χ4n) is 4.43. The molecule has 2 aliphatic carbocycles. The van der Waals surface area contributed by atoms with E-state index in [2.05, 4.69) is 10.6 Å². The van der Waals surface area contributed by atoms with Gasteiger partial charge in [-0.2, -0.15) is 0 Å². The third-order valence-corrected chi connectivity index (χ3v) is 6.44. The first-order valence-corrected chi connectivity index (χ1v) is 10.8. The van der Waals surface area contributed by atoms with Crippen molar-refractivity contribution in [2.75, 3.05) is 11.9 Å². The van der Waals surface area contributed by atoms with Crippen molar-refractivity contribution >= 4 is 17.5 Å². The second kappa shape index (κ2) is 8.40. The Hall–Kier alpha value is -2.62. The van der Waals surface area contributed by atoms with Gasteiger partial charge in [-0.15, -0.1) is 0 Å². The van der Waals surface area contributed by atoms with Gasteiger partial charge < -0.3 is 10.6 Å². The minimum atomic E-state index is -0.367. The predicted molar refractivity (Wildman–Crippen MR) is 116 cm³/mol. The first-order valence-electron chi connectivity index (χ1n) is 10.8. The molecule has 4 nitrogen and oxygen atoms in total. The fraction of sp³-hybridized carbons (Fsp3) is 0.440. The molecule has 4 rings (SSSR count). The summed E-state index contributed by atoms with van der Waals surface area (Å²) in [5.41, 5.74) is 3.14. The summed E-state index contributed by atoms with van der Waals surface area (Å²) in [6.45, 7) is 2.78. The number of amides is 2. The Labute approximate surface area is 173 Å². The standard InChI is InChI=1S/C25H30N2O2/c1-18-6-5-9-20(16-18)23(28)27-22-12-10-21(11-13-22)25(14-15-25)24(29)26-17-19-7-3-2-4-8-19/h5-6,9-13,16,19H,2-4,7-8,14-15,17H2,1H3,(H,26,29)(H,27,28). The minimum Gasteiger partial charge on any atom is -0.355 e. The molecule has 0 spiro atoms. The van der Waals surface area contributed by atoms with E-state index in [1.54, 1.807) is 0 Å². The Bertz CT molecular complexity index is 878. The van der Waals surface area contributed by atoms with Crippen molar-refractivity contribution in [3.8, 4) is 0 Å². The number of hydrogen-bond donors (Lipinski definition) is 2. The average Bonchev–Trinajstić information content (AvgIpc) is 3.55. The predicted octanol–water partition coefficient (Wildman–Crippen LogP) is 4.98. The number of aryl methyl sites for hydroxylation is 1. The van der Waals surface area contributed by atoms with Gasteiger partial charge >= 0.3 is 0 Å². The van der Waals surface area contributed by atoms with Crippen LogP contribution in [0.5, 0.6) is 0 Å². The molecule has 0 radical (unpaired) electrons. The summed E-state index contributed by atoms with van der Waals surface area (Å²) in [5.74, 6) is 0.690. The lowest BCUT2D eigenvalue weighted by molar-refractivity contribution is -0.123. The van der Waals surface area contributed by atoms with Crippen LogP contribution < -0.4 is 10.6 Å².